The monoisotopic (exact) mass is 534 g/mol. The topological polar surface area (TPSA) is 50.4 Å². The highest BCUT2D eigenvalue weighted by molar-refractivity contribution is 7.80. The number of ether oxygens (including phenoxy) is 1. The first-order chi connectivity index (χ1) is 16.7. The van der Waals surface area contributed by atoms with E-state index in [-0.39, 0.29) is 5.11 Å². The van der Waals surface area contributed by atoms with Crippen molar-refractivity contribution in [1.82, 2.24) is 5.32 Å². The summed E-state index contributed by atoms with van der Waals surface area (Å²) < 4.78 is 34.1. The standard InChI is InChI=1S/C26H22Cl2F2N2O2S/c1-13-12-20(31-26(35)32-25(33)22-18(29)8-5-9-19(22)30)14(2)23(28)24(13)34-21-11-10-17(27)15-6-3-4-7-16(15)21/h5,8-12H,3-4,6-7H2,1-2H3,(H2,31,32,33,35). The molecule has 4 nitrogen and oxygen atoms in total. The van der Waals surface area contributed by atoms with Crippen molar-refractivity contribution in [3.8, 4) is 11.5 Å². The third-order valence-corrected chi connectivity index (χ3v) is 6.98. The molecule has 3 aromatic rings. The summed E-state index contributed by atoms with van der Waals surface area (Å²) in [4.78, 5) is 12.3. The Morgan fingerprint density at radius 1 is 1.03 bits per heavy atom. The van der Waals surface area contributed by atoms with Gasteiger partial charge < -0.3 is 10.1 Å². The molecular weight excluding hydrogens is 513 g/mol. The summed E-state index contributed by atoms with van der Waals surface area (Å²) in [5.74, 6) is -1.72. The third kappa shape index (κ3) is 5.27. The van der Waals surface area contributed by atoms with Crippen molar-refractivity contribution < 1.29 is 18.3 Å². The normalized spacial score (nSPS) is 12.6. The SMILES string of the molecule is Cc1cc(NC(=S)NC(=O)c2c(F)cccc2F)c(C)c(Cl)c1Oc1ccc(Cl)c2c1CCCC2. The van der Waals surface area contributed by atoms with E-state index < -0.39 is 23.1 Å². The Morgan fingerprint density at radius 2 is 1.69 bits per heavy atom. The number of halogens is 4. The van der Waals surface area contributed by atoms with Gasteiger partial charge in [-0.3, -0.25) is 10.1 Å². The van der Waals surface area contributed by atoms with Crippen LogP contribution in [0.4, 0.5) is 14.5 Å². The van der Waals surface area contributed by atoms with Gasteiger partial charge in [0.25, 0.3) is 5.91 Å². The van der Waals surface area contributed by atoms with E-state index in [1.54, 1.807) is 13.0 Å². The van der Waals surface area contributed by atoms with Gasteiger partial charge in [-0.1, -0.05) is 29.3 Å². The van der Waals surface area contributed by atoms with Gasteiger partial charge in [0.15, 0.2) is 5.11 Å². The predicted octanol–water partition coefficient (Wildman–Crippen LogP) is 7.69. The molecule has 0 saturated heterocycles. The summed E-state index contributed by atoms with van der Waals surface area (Å²) in [5.41, 5.74) is 3.39. The number of rotatable bonds is 4. The van der Waals surface area contributed by atoms with Gasteiger partial charge >= 0.3 is 0 Å². The van der Waals surface area contributed by atoms with E-state index >= 15 is 0 Å². The number of carbonyl (C=O) groups is 1. The molecule has 0 unspecified atom stereocenters. The van der Waals surface area contributed by atoms with Crippen molar-refractivity contribution in [3.05, 3.63) is 85.9 Å². The van der Waals surface area contributed by atoms with Gasteiger partial charge in [0.1, 0.15) is 28.7 Å². The summed E-state index contributed by atoms with van der Waals surface area (Å²) >= 11 is 18.3. The van der Waals surface area contributed by atoms with E-state index in [1.807, 2.05) is 19.1 Å². The fraction of sp³-hybridized carbons (Fsp3) is 0.231. The minimum absolute atomic E-state index is 0.128. The molecule has 0 spiro atoms. The first-order valence-electron chi connectivity index (χ1n) is 11.0. The van der Waals surface area contributed by atoms with E-state index in [1.165, 1.54) is 6.07 Å². The molecule has 0 bridgehead atoms. The Balaban J connectivity index is 1.55. The fourth-order valence-corrected chi connectivity index (χ4v) is 4.90. The maximum Gasteiger partial charge on any atom is 0.263 e. The maximum atomic E-state index is 13.9. The number of nitrogens with one attached hydrogen (secondary N) is 2. The molecule has 9 heteroatoms. The average Bonchev–Trinajstić information content (AvgIpc) is 2.81. The van der Waals surface area contributed by atoms with Gasteiger partial charge in [-0.05, 0) is 104 Å². The number of thiocarbonyl (C=S) groups is 1. The molecule has 1 aliphatic carbocycles. The highest BCUT2D eigenvalue weighted by atomic mass is 35.5. The molecule has 3 aromatic carbocycles. The maximum absolute atomic E-state index is 13.9. The largest absolute Gasteiger partial charge is 0.455 e. The molecule has 1 amide bonds. The fourth-order valence-electron chi connectivity index (χ4n) is 4.14. The number of hydrogen-bond donors (Lipinski definition) is 2. The van der Waals surface area contributed by atoms with Crippen LogP contribution >= 0.6 is 35.4 Å². The molecular formula is C26H22Cl2F2N2O2S. The molecule has 0 atom stereocenters. The molecule has 0 aliphatic heterocycles. The minimum Gasteiger partial charge on any atom is -0.455 e. The van der Waals surface area contributed by atoms with Crippen LogP contribution in [-0.4, -0.2) is 11.0 Å². The van der Waals surface area contributed by atoms with Crippen LogP contribution < -0.4 is 15.4 Å². The molecule has 1 aliphatic rings. The zero-order valence-corrected chi connectivity index (χ0v) is 21.4. The number of aryl methyl sites for hydroxylation is 1. The Morgan fingerprint density at radius 3 is 2.37 bits per heavy atom. The Kier molecular flexibility index (Phi) is 7.59. The number of anilines is 1. The lowest BCUT2D eigenvalue weighted by atomic mass is 9.91. The second-order valence-corrected chi connectivity index (χ2v) is 9.52. The van der Waals surface area contributed by atoms with Crippen LogP contribution in [0.25, 0.3) is 0 Å². The van der Waals surface area contributed by atoms with Gasteiger partial charge in [0.05, 0.1) is 5.02 Å². The first-order valence-corrected chi connectivity index (χ1v) is 12.2. The van der Waals surface area contributed by atoms with E-state index in [0.29, 0.717) is 22.0 Å². The van der Waals surface area contributed by atoms with Crippen LogP contribution in [0.15, 0.2) is 36.4 Å². The predicted molar refractivity (Wildman–Crippen MR) is 139 cm³/mol. The number of benzene rings is 3. The van der Waals surface area contributed by atoms with Crippen molar-refractivity contribution in [1.29, 1.82) is 0 Å². The summed E-state index contributed by atoms with van der Waals surface area (Å²) in [6.07, 6.45) is 3.96. The van der Waals surface area contributed by atoms with Gasteiger partial charge in [-0.15, -0.1) is 0 Å². The van der Waals surface area contributed by atoms with Gasteiger partial charge in [-0.25, -0.2) is 8.78 Å². The number of fused-ring (bicyclic) bond motifs is 1. The Hall–Kier alpha value is -2.74. The van der Waals surface area contributed by atoms with Gasteiger partial charge in [-0.2, -0.15) is 0 Å². The van der Waals surface area contributed by atoms with Crippen LogP contribution in [-0.2, 0) is 12.8 Å². The summed E-state index contributed by atoms with van der Waals surface area (Å²) in [7, 11) is 0. The van der Waals surface area contributed by atoms with Crippen molar-refractivity contribution in [2.45, 2.75) is 39.5 Å². The zero-order chi connectivity index (χ0) is 25.3. The molecule has 0 fully saturated rings. The van der Waals surface area contributed by atoms with E-state index in [0.717, 1.165) is 65.3 Å². The van der Waals surface area contributed by atoms with E-state index in [2.05, 4.69) is 10.6 Å². The molecule has 4 rings (SSSR count). The van der Waals surface area contributed by atoms with Crippen molar-refractivity contribution in [2.24, 2.45) is 0 Å². The van der Waals surface area contributed by atoms with Crippen molar-refractivity contribution >= 4 is 52.1 Å². The van der Waals surface area contributed by atoms with Gasteiger partial charge in [0.2, 0.25) is 0 Å². The molecule has 0 saturated carbocycles. The number of carbonyl (C=O) groups excluding carboxylic acids is 1. The summed E-state index contributed by atoms with van der Waals surface area (Å²) in [5, 5.41) is 6.17. The first kappa shape index (κ1) is 25.4. The second-order valence-electron chi connectivity index (χ2n) is 8.33. The lowest BCUT2D eigenvalue weighted by Crippen LogP contribution is -2.35. The smallest absolute Gasteiger partial charge is 0.263 e. The Labute approximate surface area is 217 Å². The lowest BCUT2D eigenvalue weighted by molar-refractivity contribution is 0.0969. The zero-order valence-electron chi connectivity index (χ0n) is 19.0. The van der Waals surface area contributed by atoms with Crippen molar-refractivity contribution in [2.75, 3.05) is 5.32 Å². The number of amides is 1. The average molecular weight is 535 g/mol. The van der Waals surface area contributed by atoms with Crippen LogP contribution in [0.3, 0.4) is 0 Å². The molecule has 35 heavy (non-hydrogen) atoms. The molecule has 0 radical (unpaired) electrons. The summed E-state index contributed by atoms with van der Waals surface area (Å²) in [6, 6.07) is 8.65. The molecule has 0 aromatic heterocycles. The van der Waals surface area contributed by atoms with Gasteiger partial charge in [0, 0.05) is 10.7 Å². The van der Waals surface area contributed by atoms with Crippen LogP contribution in [0.2, 0.25) is 10.0 Å². The molecule has 182 valence electrons. The van der Waals surface area contributed by atoms with Crippen LogP contribution in [0, 0.1) is 25.5 Å². The second kappa shape index (κ2) is 10.5. The lowest BCUT2D eigenvalue weighted by Gasteiger charge is -2.22. The van der Waals surface area contributed by atoms with Crippen LogP contribution in [0.1, 0.15) is 45.5 Å². The quantitative estimate of drug-likeness (QED) is 0.337. The van der Waals surface area contributed by atoms with Crippen LogP contribution in [0.5, 0.6) is 11.5 Å². The minimum atomic E-state index is -0.994. The molecule has 0 heterocycles. The van der Waals surface area contributed by atoms with Crippen molar-refractivity contribution in [3.63, 3.8) is 0 Å². The summed E-state index contributed by atoms with van der Waals surface area (Å²) in [6.45, 7) is 3.61. The molecule has 2 N–H and O–H groups in total. The van der Waals surface area contributed by atoms with E-state index in [9.17, 15) is 13.6 Å². The highest BCUT2D eigenvalue weighted by Crippen LogP contribution is 2.42. The van der Waals surface area contributed by atoms with E-state index in [4.69, 9.17) is 40.2 Å². The Bertz CT molecular complexity index is 1330. The highest BCUT2D eigenvalue weighted by Gasteiger charge is 2.22. The number of hydrogen-bond acceptors (Lipinski definition) is 3. The third-order valence-electron chi connectivity index (χ3n) is 5.96.